The van der Waals surface area contributed by atoms with Crippen LogP contribution in [0, 0.1) is 5.95 Å². The fraction of sp³-hybridized carbons (Fsp3) is 0.533. The molecule has 6 heteroatoms. The number of rotatable bonds is 2. The topological polar surface area (TPSA) is 46.8 Å². The normalized spacial score (nSPS) is 21.6. The summed E-state index contributed by atoms with van der Waals surface area (Å²) in [5, 5.41) is 8.70. The molecule has 0 amide bonds. The van der Waals surface area contributed by atoms with Crippen molar-refractivity contribution in [1.29, 1.82) is 0 Å². The minimum absolute atomic E-state index is 0.364. The molecule has 5 nitrogen and oxygen atoms in total. The van der Waals surface area contributed by atoms with Gasteiger partial charge < -0.3 is 9.47 Å². The van der Waals surface area contributed by atoms with Crippen molar-refractivity contribution in [1.82, 2.24) is 19.7 Å². The van der Waals surface area contributed by atoms with Crippen LogP contribution in [-0.2, 0) is 13.0 Å². The predicted molar refractivity (Wildman–Crippen MR) is 76.7 cm³/mol. The van der Waals surface area contributed by atoms with Crippen molar-refractivity contribution in [3.8, 4) is 0 Å². The highest BCUT2D eigenvalue weighted by Gasteiger charge is 2.28. The van der Waals surface area contributed by atoms with E-state index in [0.29, 0.717) is 5.92 Å². The third-order valence-electron chi connectivity index (χ3n) is 4.45. The SMILES string of the molecule is Fc1cccc(N2CCCC(c3nnc4n3CCC4)C2)n1. The minimum atomic E-state index is -0.419. The maximum absolute atomic E-state index is 13.3. The van der Waals surface area contributed by atoms with Crippen molar-refractivity contribution in [2.24, 2.45) is 0 Å². The number of piperidine rings is 1. The number of aryl methyl sites for hydroxylation is 1. The second-order valence-corrected chi connectivity index (χ2v) is 5.83. The fourth-order valence-electron chi connectivity index (χ4n) is 3.44. The number of fused-ring (bicyclic) bond motifs is 1. The molecule has 1 fully saturated rings. The van der Waals surface area contributed by atoms with Gasteiger partial charge in [0, 0.05) is 32.0 Å². The third kappa shape index (κ3) is 2.28. The van der Waals surface area contributed by atoms with Gasteiger partial charge in [-0.15, -0.1) is 10.2 Å². The lowest BCUT2D eigenvalue weighted by Gasteiger charge is -2.33. The summed E-state index contributed by atoms with van der Waals surface area (Å²) in [7, 11) is 0. The van der Waals surface area contributed by atoms with E-state index in [9.17, 15) is 4.39 Å². The van der Waals surface area contributed by atoms with Crippen LogP contribution in [0.25, 0.3) is 0 Å². The maximum Gasteiger partial charge on any atom is 0.214 e. The van der Waals surface area contributed by atoms with Crippen LogP contribution in [0.4, 0.5) is 10.2 Å². The standard InChI is InChI=1S/C15H18FN5/c16-12-5-1-6-13(17-12)20-8-2-4-11(10-20)15-19-18-14-7-3-9-21(14)15/h1,5-6,11H,2-4,7-10H2. The molecule has 0 saturated carbocycles. The van der Waals surface area contributed by atoms with Gasteiger partial charge in [0.15, 0.2) is 0 Å². The van der Waals surface area contributed by atoms with Gasteiger partial charge in [0.05, 0.1) is 0 Å². The molecule has 0 bridgehead atoms. The maximum atomic E-state index is 13.3. The largest absolute Gasteiger partial charge is 0.356 e. The van der Waals surface area contributed by atoms with E-state index in [1.165, 1.54) is 12.5 Å². The van der Waals surface area contributed by atoms with Crippen LogP contribution in [0.5, 0.6) is 0 Å². The Morgan fingerprint density at radius 2 is 2.10 bits per heavy atom. The Morgan fingerprint density at radius 1 is 1.14 bits per heavy atom. The summed E-state index contributed by atoms with van der Waals surface area (Å²) < 4.78 is 15.6. The number of anilines is 1. The fourth-order valence-corrected chi connectivity index (χ4v) is 3.44. The Labute approximate surface area is 122 Å². The number of halogens is 1. The first kappa shape index (κ1) is 12.7. The molecule has 2 aromatic heterocycles. The van der Waals surface area contributed by atoms with Gasteiger partial charge in [-0.1, -0.05) is 6.07 Å². The molecule has 1 unspecified atom stereocenters. The lowest BCUT2D eigenvalue weighted by atomic mass is 9.97. The second kappa shape index (κ2) is 5.09. The molecule has 110 valence electrons. The summed E-state index contributed by atoms with van der Waals surface area (Å²) in [5.41, 5.74) is 0. The number of hydrogen-bond acceptors (Lipinski definition) is 4. The van der Waals surface area contributed by atoms with Gasteiger partial charge in [0.25, 0.3) is 0 Å². The van der Waals surface area contributed by atoms with Crippen LogP contribution in [0.15, 0.2) is 18.2 Å². The van der Waals surface area contributed by atoms with Gasteiger partial charge in [-0.3, -0.25) is 0 Å². The molecule has 2 aromatic rings. The average Bonchev–Trinajstić information content (AvgIpc) is 3.10. The first-order chi connectivity index (χ1) is 10.3. The number of pyridine rings is 1. The molecule has 0 radical (unpaired) electrons. The number of hydrogen-bond donors (Lipinski definition) is 0. The van der Waals surface area contributed by atoms with Gasteiger partial charge in [-0.25, -0.2) is 4.98 Å². The van der Waals surface area contributed by atoms with Crippen LogP contribution >= 0.6 is 0 Å². The summed E-state index contributed by atoms with van der Waals surface area (Å²) in [6, 6.07) is 4.98. The molecule has 2 aliphatic rings. The van der Waals surface area contributed by atoms with Crippen LogP contribution in [0.2, 0.25) is 0 Å². The van der Waals surface area contributed by atoms with Crippen molar-refractivity contribution < 1.29 is 4.39 Å². The van der Waals surface area contributed by atoms with Gasteiger partial charge in [0.1, 0.15) is 17.5 Å². The Balaban J connectivity index is 1.58. The molecular weight excluding hydrogens is 269 g/mol. The Bertz CT molecular complexity index is 653. The smallest absolute Gasteiger partial charge is 0.214 e. The third-order valence-corrected chi connectivity index (χ3v) is 4.45. The first-order valence-electron chi connectivity index (χ1n) is 7.61. The Morgan fingerprint density at radius 3 is 3.00 bits per heavy atom. The molecule has 4 rings (SSSR count). The molecule has 0 aromatic carbocycles. The van der Waals surface area contributed by atoms with E-state index in [-0.39, 0.29) is 0 Å². The van der Waals surface area contributed by atoms with E-state index >= 15 is 0 Å². The van der Waals surface area contributed by atoms with Crippen molar-refractivity contribution in [2.75, 3.05) is 18.0 Å². The van der Waals surface area contributed by atoms with Crippen molar-refractivity contribution in [2.45, 2.75) is 38.1 Å². The lowest BCUT2D eigenvalue weighted by Crippen LogP contribution is -2.36. The second-order valence-electron chi connectivity index (χ2n) is 5.83. The molecule has 0 spiro atoms. The highest BCUT2D eigenvalue weighted by atomic mass is 19.1. The zero-order valence-corrected chi connectivity index (χ0v) is 11.9. The van der Waals surface area contributed by atoms with Gasteiger partial charge in [-0.05, 0) is 31.4 Å². The van der Waals surface area contributed by atoms with Gasteiger partial charge >= 0.3 is 0 Å². The molecule has 2 aliphatic heterocycles. The van der Waals surface area contributed by atoms with Gasteiger partial charge in [-0.2, -0.15) is 4.39 Å². The van der Waals surface area contributed by atoms with E-state index < -0.39 is 5.95 Å². The van der Waals surface area contributed by atoms with Crippen LogP contribution < -0.4 is 4.90 Å². The molecule has 4 heterocycles. The lowest BCUT2D eigenvalue weighted by molar-refractivity contribution is 0.468. The van der Waals surface area contributed by atoms with Crippen molar-refractivity contribution in [3.63, 3.8) is 0 Å². The molecule has 21 heavy (non-hydrogen) atoms. The number of aromatic nitrogens is 4. The van der Waals surface area contributed by atoms with Crippen molar-refractivity contribution in [3.05, 3.63) is 35.8 Å². The van der Waals surface area contributed by atoms with E-state index in [0.717, 1.165) is 56.4 Å². The predicted octanol–water partition coefficient (Wildman–Crippen LogP) is 2.14. The van der Waals surface area contributed by atoms with Crippen LogP contribution in [-0.4, -0.2) is 32.8 Å². The first-order valence-corrected chi connectivity index (χ1v) is 7.61. The van der Waals surface area contributed by atoms with Crippen LogP contribution in [0.1, 0.15) is 36.8 Å². The van der Waals surface area contributed by atoms with Crippen molar-refractivity contribution >= 4 is 5.82 Å². The number of nitrogens with zero attached hydrogens (tertiary/aromatic N) is 5. The van der Waals surface area contributed by atoms with Crippen LogP contribution in [0.3, 0.4) is 0 Å². The summed E-state index contributed by atoms with van der Waals surface area (Å²) >= 11 is 0. The average molecular weight is 287 g/mol. The van der Waals surface area contributed by atoms with E-state index in [1.54, 1.807) is 6.07 Å². The Kier molecular flexibility index (Phi) is 3.09. The summed E-state index contributed by atoms with van der Waals surface area (Å²) in [6.07, 6.45) is 4.39. The van der Waals surface area contributed by atoms with E-state index in [2.05, 4.69) is 24.6 Å². The summed E-state index contributed by atoms with van der Waals surface area (Å²) in [4.78, 5) is 6.16. The molecular formula is C15H18FN5. The zero-order valence-electron chi connectivity index (χ0n) is 11.9. The molecule has 0 N–H and O–H groups in total. The molecule has 1 atom stereocenters. The highest BCUT2D eigenvalue weighted by molar-refractivity contribution is 5.39. The molecule has 1 saturated heterocycles. The Hall–Kier alpha value is -1.98. The zero-order chi connectivity index (χ0) is 14.2. The molecule has 0 aliphatic carbocycles. The van der Waals surface area contributed by atoms with E-state index in [1.807, 2.05) is 6.07 Å². The monoisotopic (exact) mass is 287 g/mol. The van der Waals surface area contributed by atoms with E-state index in [4.69, 9.17) is 0 Å². The summed E-state index contributed by atoms with van der Waals surface area (Å²) in [5.74, 6) is 2.89. The summed E-state index contributed by atoms with van der Waals surface area (Å²) in [6.45, 7) is 2.80. The quantitative estimate of drug-likeness (QED) is 0.794. The van der Waals surface area contributed by atoms with Gasteiger partial charge in [0.2, 0.25) is 5.95 Å². The minimum Gasteiger partial charge on any atom is -0.356 e. The highest BCUT2D eigenvalue weighted by Crippen LogP contribution is 2.30.